The van der Waals surface area contributed by atoms with Crippen LogP contribution in [0.1, 0.15) is 5.69 Å². The monoisotopic (exact) mass is 203 g/mol. The first-order chi connectivity index (χ1) is 7.34. The van der Waals surface area contributed by atoms with Crippen LogP contribution >= 0.6 is 0 Å². The second-order valence-electron chi connectivity index (χ2n) is 3.78. The Bertz CT molecular complexity index is 458. The number of hydrogen-bond donors (Lipinski definition) is 1. The van der Waals surface area contributed by atoms with Crippen LogP contribution in [0, 0.1) is 0 Å². The zero-order chi connectivity index (χ0) is 10.3. The van der Waals surface area contributed by atoms with Crippen LogP contribution in [-0.4, -0.2) is 25.9 Å². The summed E-state index contributed by atoms with van der Waals surface area (Å²) in [6.45, 7) is 2.84. The van der Waals surface area contributed by atoms with Crippen LogP contribution in [0.25, 0.3) is 11.5 Å². The third-order valence-corrected chi connectivity index (χ3v) is 2.72. The van der Waals surface area contributed by atoms with E-state index >= 15 is 0 Å². The Morgan fingerprint density at radius 3 is 3.13 bits per heavy atom. The molecule has 0 aliphatic carbocycles. The lowest BCUT2D eigenvalue weighted by atomic mass is 10.3. The Labute approximate surface area is 87.7 Å². The molecule has 0 spiro atoms. The van der Waals surface area contributed by atoms with E-state index in [0.717, 1.165) is 31.2 Å². The summed E-state index contributed by atoms with van der Waals surface area (Å²) < 4.78 is 4.04. The van der Waals surface area contributed by atoms with Gasteiger partial charge >= 0.3 is 0 Å². The number of nitrogens with one attached hydrogen (secondary N) is 1. The second kappa shape index (κ2) is 3.20. The molecular weight excluding hydrogens is 190 g/mol. The Kier molecular flexibility index (Phi) is 1.85. The summed E-state index contributed by atoms with van der Waals surface area (Å²) in [5.74, 6) is 0.928. The predicted molar refractivity (Wildman–Crippen MR) is 56.1 cm³/mol. The van der Waals surface area contributed by atoms with Crippen molar-refractivity contribution in [2.75, 3.05) is 6.54 Å². The number of imidazole rings is 1. The molecular formula is C10H13N5. The minimum Gasteiger partial charge on any atom is -0.333 e. The molecule has 0 bridgehead atoms. The molecule has 0 saturated carbocycles. The van der Waals surface area contributed by atoms with E-state index in [1.165, 1.54) is 5.69 Å². The van der Waals surface area contributed by atoms with Crippen LogP contribution in [0.15, 0.2) is 18.5 Å². The minimum absolute atomic E-state index is 0.900. The van der Waals surface area contributed by atoms with Crippen LogP contribution in [0.4, 0.5) is 0 Å². The Morgan fingerprint density at radius 2 is 2.40 bits per heavy atom. The molecule has 0 unspecified atom stereocenters. The van der Waals surface area contributed by atoms with E-state index < -0.39 is 0 Å². The molecule has 0 amide bonds. The van der Waals surface area contributed by atoms with Crippen LogP contribution in [0.2, 0.25) is 0 Å². The molecule has 1 aliphatic heterocycles. The maximum Gasteiger partial charge on any atom is 0.160 e. The molecule has 15 heavy (non-hydrogen) atoms. The van der Waals surface area contributed by atoms with Crippen LogP contribution in [0.3, 0.4) is 0 Å². The first kappa shape index (κ1) is 8.67. The summed E-state index contributed by atoms with van der Waals surface area (Å²) in [5.41, 5.74) is 2.19. The summed E-state index contributed by atoms with van der Waals surface area (Å²) in [6.07, 6.45) is 3.73. The van der Waals surface area contributed by atoms with Crippen molar-refractivity contribution in [3.05, 3.63) is 24.2 Å². The van der Waals surface area contributed by atoms with E-state index in [1.54, 1.807) is 6.20 Å². The van der Waals surface area contributed by atoms with E-state index in [-0.39, 0.29) is 0 Å². The Morgan fingerprint density at radius 1 is 1.47 bits per heavy atom. The van der Waals surface area contributed by atoms with Gasteiger partial charge in [-0.05, 0) is 6.07 Å². The fraction of sp³-hybridized carbons (Fsp3) is 0.400. The molecule has 0 fully saturated rings. The summed E-state index contributed by atoms with van der Waals surface area (Å²) >= 11 is 0. The van der Waals surface area contributed by atoms with Gasteiger partial charge in [-0.25, -0.2) is 4.98 Å². The molecule has 3 heterocycles. The molecule has 1 N–H and O–H groups in total. The van der Waals surface area contributed by atoms with E-state index in [0.29, 0.717) is 0 Å². The quantitative estimate of drug-likeness (QED) is 0.729. The third kappa shape index (κ3) is 1.35. The van der Waals surface area contributed by atoms with Gasteiger partial charge in [0.15, 0.2) is 5.82 Å². The number of hydrogen-bond acceptors (Lipinski definition) is 3. The SMILES string of the molecule is Cn1ccnc1-c1cc2n(n1)CCNC2. The lowest BCUT2D eigenvalue weighted by molar-refractivity contribution is 0.476. The van der Waals surface area contributed by atoms with Gasteiger partial charge in [0.25, 0.3) is 0 Å². The predicted octanol–water partition coefficient (Wildman–Crippen LogP) is 0.387. The van der Waals surface area contributed by atoms with Crippen molar-refractivity contribution in [2.45, 2.75) is 13.1 Å². The first-order valence-electron chi connectivity index (χ1n) is 5.10. The highest BCUT2D eigenvalue weighted by Crippen LogP contribution is 2.17. The number of fused-ring (bicyclic) bond motifs is 1. The smallest absolute Gasteiger partial charge is 0.160 e. The highest BCUT2D eigenvalue weighted by molar-refractivity contribution is 5.50. The topological polar surface area (TPSA) is 47.7 Å². The van der Waals surface area contributed by atoms with Crippen molar-refractivity contribution >= 4 is 0 Å². The highest BCUT2D eigenvalue weighted by atomic mass is 15.3. The van der Waals surface area contributed by atoms with Gasteiger partial charge in [0, 0.05) is 32.5 Å². The molecule has 0 atom stereocenters. The maximum atomic E-state index is 4.55. The van der Waals surface area contributed by atoms with Crippen LogP contribution in [0.5, 0.6) is 0 Å². The van der Waals surface area contributed by atoms with Gasteiger partial charge in [-0.15, -0.1) is 0 Å². The van der Waals surface area contributed by atoms with Crippen molar-refractivity contribution in [3.63, 3.8) is 0 Å². The number of aromatic nitrogens is 4. The van der Waals surface area contributed by atoms with Crippen molar-refractivity contribution in [1.29, 1.82) is 0 Å². The van der Waals surface area contributed by atoms with E-state index in [2.05, 4.69) is 26.1 Å². The zero-order valence-corrected chi connectivity index (χ0v) is 8.64. The number of rotatable bonds is 1. The highest BCUT2D eigenvalue weighted by Gasteiger charge is 2.14. The van der Waals surface area contributed by atoms with E-state index in [4.69, 9.17) is 0 Å². The van der Waals surface area contributed by atoms with Crippen molar-refractivity contribution in [1.82, 2.24) is 24.6 Å². The number of aryl methyl sites for hydroxylation is 1. The largest absolute Gasteiger partial charge is 0.333 e. The molecule has 0 aromatic carbocycles. The normalized spacial score (nSPS) is 15.3. The lowest BCUT2D eigenvalue weighted by Crippen LogP contribution is -2.28. The maximum absolute atomic E-state index is 4.55. The summed E-state index contributed by atoms with van der Waals surface area (Å²) in [6, 6.07) is 2.11. The van der Waals surface area contributed by atoms with Crippen molar-refractivity contribution < 1.29 is 0 Å². The fourth-order valence-corrected chi connectivity index (χ4v) is 1.91. The second-order valence-corrected chi connectivity index (χ2v) is 3.78. The average Bonchev–Trinajstić information content (AvgIpc) is 2.82. The summed E-state index contributed by atoms with van der Waals surface area (Å²) in [5, 5.41) is 7.87. The molecule has 0 radical (unpaired) electrons. The van der Waals surface area contributed by atoms with Gasteiger partial charge in [0.1, 0.15) is 5.69 Å². The van der Waals surface area contributed by atoms with Crippen molar-refractivity contribution in [3.8, 4) is 11.5 Å². The first-order valence-corrected chi connectivity index (χ1v) is 5.10. The molecule has 2 aromatic heterocycles. The lowest BCUT2D eigenvalue weighted by Gasteiger charge is -2.13. The average molecular weight is 203 g/mol. The van der Waals surface area contributed by atoms with E-state index in [9.17, 15) is 0 Å². The van der Waals surface area contributed by atoms with E-state index in [1.807, 2.05) is 17.8 Å². The summed E-state index contributed by atoms with van der Waals surface area (Å²) in [7, 11) is 1.99. The zero-order valence-electron chi connectivity index (χ0n) is 8.64. The third-order valence-electron chi connectivity index (χ3n) is 2.72. The molecule has 2 aromatic rings. The van der Waals surface area contributed by atoms with Gasteiger partial charge in [-0.1, -0.05) is 0 Å². The van der Waals surface area contributed by atoms with Crippen molar-refractivity contribution in [2.24, 2.45) is 7.05 Å². The van der Waals surface area contributed by atoms with Gasteiger partial charge in [-0.2, -0.15) is 5.10 Å². The van der Waals surface area contributed by atoms with Gasteiger partial charge < -0.3 is 9.88 Å². The molecule has 3 rings (SSSR count). The Balaban J connectivity index is 2.06. The van der Waals surface area contributed by atoms with Gasteiger partial charge in [-0.3, -0.25) is 4.68 Å². The molecule has 0 saturated heterocycles. The molecule has 5 nitrogen and oxygen atoms in total. The van der Waals surface area contributed by atoms with Gasteiger partial charge in [0.2, 0.25) is 0 Å². The summed E-state index contributed by atoms with van der Waals surface area (Å²) in [4.78, 5) is 4.30. The molecule has 78 valence electrons. The standard InChI is InChI=1S/C10H13N5/c1-14-4-3-12-10(14)9-6-8-7-11-2-5-15(8)13-9/h3-4,6,11H,2,5,7H2,1H3. The van der Waals surface area contributed by atoms with Crippen LogP contribution < -0.4 is 5.32 Å². The van der Waals surface area contributed by atoms with Crippen LogP contribution in [-0.2, 0) is 20.1 Å². The Hall–Kier alpha value is -1.62. The minimum atomic E-state index is 0.900. The molecule has 5 heteroatoms. The van der Waals surface area contributed by atoms with Gasteiger partial charge in [0.05, 0.1) is 12.2 Å². The number of nitrogens with zero attached hydrogens (tertiary/aromatic N) is 4. The fourth-order valence-electron chi connectivity index (χ4n) is 1.91. The molecule has 1 aliphatic rings.